The molecular formula is C19H21ClFN5OS. The molecule has 1 amide bonds. The second kappa shape index (κ2) is 8.81. The molecule has 1 aliphatic rings. The van der Waals surface area contributed by atoms with Crippen molar-refractivity contribution < 1.29 is 9.18 Å². The molecule has 0 saturated carbocycles. The summed E-state index contributed by atoms with van der Waals surface area (Å²) in [4.78, 5) is 18.0. The first-order valence-electron chi connectivity index (χ1n) is 8.91. The monoisotopic (exact) mass is 421 g/mol. The minimum Gasteiger partial charge on any atom is -0.346 e. The smallest absolute Gasteiger partial charge is 0.291 e. The summed E-state index contributed by atoms with van der Waals surface area (Å²) in [5.74, 6) is -0.0508. The molecule has 0 radical (unpaired) electrons. The van der Waals surface area contributed by atoms with E-state index in [-0.39, 0.29) is 36.0 Å². The molecule has 28 heavy (non-hydrogen) atoms. The van der Waals surface area contributed by atoms with E-state index < -0.39 is 0 Å². The van der Waals surface area contributed by atoms with Crippen molar-refractivity contribution in [3.63, 3.8) is 0 Å². The molecule has 0 aliphatic carbocycles. The Morgan fingerprint density at radius 1 is 1.36 bits per heavy atom. The van der Waals surface area contributed by atoms with Gasteiger partial charge in [-0.15, -0.1) is 28.8 Å². The topological polar surface area (TPSA) is 71.8 Å². The number of amides is 1. The Morgan fingerprint density at radius 3 is 2.93 bits per heavy atom. The van der Waals surface area contributed by atoms with Gasteiger partial charge in [-0.3, -0.25) is 4.79 Å². The predicted octanol–water partition coefficient (Wildman–Crippen LogP) is 3.43. The summed E-state index contributed by atoms with van der Waals surface area (Å²) in [5, 5.41) is 12.7. The third kappa shape index (κ3) is 4.40. The number of halogens is 2. The minimum absolute atomic E-state index is 0. The Labute approximate surface area is 172 Å². The lowest BCUT2D eigenvalue weighted by molar-refractivity contribution is 0.0915. The van der Waals surface area contributed by atoms with Crippen LogP contribution in [0, 0.1) is 5.82 Å². The fourth-order valence-corrected chi connectivity index (χ4v) is 3.97. The molecule has 3 aromatic rings. The van der Waals surface area contributed by atoms with Gasteiger partial charge < -0.3 is 10.6 Å². The van der Waals surface area contributed by atoms with Crippen LogP contribution in [0.1, 0.15) is 30.4 Å². The molecule has 2 N–H and O–H groups in total. The lowest BCUT2D eigenvalue weighted by Crippen LogP contribution is -2.46. The number of carbonyl (C=O) groups excluding carboxylic acids is 1. The first kappa shape index (κ1) is 20.4. The highest BCUT2D eigenvalue weighted by molar-refractivity contribution is 7.13. The van der Waals surface area contributed by atoms with Crippen molar-refractivity contribution in [2.24, 2.45) is 0 Å². The highest BCUT2D eigenvalue weighted by Gasteiger charge is 2.24. The standard InChI is InChI=1S/C19H20FN5OS.ClH/c1-12-10-14(7-8-21-12)22-19(26)17-23-18(16-6-3-9-27-16)25(24-17)15-5-2-4-13(20)11-15;/h2-6,9,11-12,14,21H,7-8,10H2,1H3,(H,22,26);1H. The Morgan fingerprint density at radius 2 is 2.21 bits per heavy atom. The van der Waals surface area contributed by atoms with Crippen LogP contribution in [0.5, 0.6) is 0 Å². The molecule has 148 valence electrons. The minimum atomic E-state index is -0.366. The van der Waals surface area contributed by atoms with Crippen molar-refractivity contribution in [3.8, 4) is 16.4 Å². The van der Waals surface area contributed by atoms with Crippen LogP contribution in [0.3, 0.4) is 0 Å². The van der Waals surface area contributed by atoms with Crippen molar-refractivity contribution in [1.29, 1.82) is 0 Å². The number of hydrogen-bond donors (Lipinski definition) is 2. The van der Waals surface area contributed by atoms with Gasteiger partial charge in [-0.2, -0.15) is 0 Å². The molecule has 0 bridgehead atoms. The summed E-state index contributed by atoms with van der Waals surface area (Å²) in [6.45, 7) is 2.97. The third-order valence-corrected chi connectivity index (χ3v) is 5.43. The van der Waals surface area contributed by atoms with Gasteiger partial charge in [0.05, 0.1) is 10.6 Å². The van der Waals surface area contributed by atoms with E-state index in [1.807, 2.05) is 17.5 Å². The summed E-state index contributed by atoms with van der Waals surface area (Å²) < 4.78 is 15.2. The van der Waals surface area contributed by atoms with Gasteiger partial charge in [0.2, 0.25) is 5.82 Å². The molecule has 9 heteroatoms. The molecule has 1 saturated heterocycles. The van der Waals surface area contributed by atoms with E-state index in [2.05, 4.69) is 27.6 Å². The number of rotatable bonds is 4. The molecule has 4 rings (SSSR count). The fraction of sp³-hybridized carbons (Fsp3) is 0.316. The molecule has 1 aliphatic heterocycles. The van der Waals surface area contributed by atoms with E-state index in [0.29, 0.717) is 17.6 Å². The molecule has 2 unspecified atom stereocenters. The highest BCUT2D eigenvalue weighted by Crippen LogP contribution is 2.26. The summed E-state index contributed by atoms with van der Waals surface area (Å²) >= 11 is 1.49. The Balaban J connectivity index is 0.00000225. The zero-order valence-corrected chi connectivity index (χ0v) is 16.9. The molecule has 6 nitrogen and oxygen atoms in total. The van der Waals surface area contributed by atoms with Gasteiger partial charge in [0, 0.05) is 12.1 Å². The maximum atomic E-state index is 13.7. The van der Waals surface area contributed by atoms with E-state index in [1.165, 1.54) is 28.2 Å². The summed E-state index contributed by atoms with van der Waals surface area (Å²) in [6.07, 6.45) is 1.74. The van der Waals surface area contributed by atoms with Crippen LogP contribution in [0.4, 0.5) is 4.39 Å². The number of benzene rings is 1. The van der Waals surface area contributed by atoms with Crippen molar-refractivity contribution in [1.82, 2.24) is 25.4 Å². The van der Waals surface area contributed by atoms with E-state index >= 15 is 0 Å². The predicted molar refractivity (Wildman–Crippen MR) is 110 cm³/mol. The molecule has 3 heterocycles. The average molecular weight is 422 g/mol. The molecule has 2 aromatic heterocycles. The normalized spacial score (nSPS) is 19.1. The van der Waals surface area contributed by atoms with Crippen LogP contribution in [0.2, 0.25) is 0 Å². The molecule has 0 spiro atoms. The molecule has 1 aromatic carbocycles. The van der Waals surface area contributed by atoms with E-state index in [0.717, 1.165) is 24.3 Å². The zero-order valence-electron chi connectivity index (χ0n) is 15.3. The summed E-state index contributed by atoms with van der Waals surface area (Å²) in [5.41, 5.74) is 0.528. The van der Waals surface area contributed by atoms with E-state index in [1.54, 1.807) is 12.1 Å². The first-order valence-corrected chi connectivity index (χ1v) is 9.79. The summed E-state index contributed by atoms with van der Waals surface area (Å²) in [7, 11) is 0. The summed E-state index contributed by atoms with van der Waals surface area (Å²) in [6, 6.07) is 10.4. The van der Waals surface area contributed by atoms with Gasteiger partial charge in [-0.05, 0) is 56.0 Å². The van der Waals surface area contributed by atoms with Crippen LogP contribution >= 0.6 is 23.7 Å². The Hall–Kier alpha value is -2.29. The van der Waals surface area contributed by atoms with Crippen molar-refractivity contribution in [2.75, 3.05) is 6.54 Å². The SMILES string of the molecule is CC1CC(NC(=O)c2nc(-c3cccs3)n(-c3cccc(F)c3)n2)CCN1.Cl. The Kier molecular flexibility index (Phi) is 6.43. The van der Waals surface area contributed by atoms with Crippen LogP contribution in [0.15, 0.2) is 41.8 Å². The van der Waals surface area contributed by atoms with Crippen molar-refractivity contribution >= 4 is 29.7 Å². The molecule has 2 atom stereocenters. The average Bonchev–Trinajstić information content (AvgIpc) is 3.31. The van der Waals surface area contributed by atoms with Crippen LogP contribution < -0.4 is 10.6 Å². The second-order valence-electron chi connectivity index (χ2n) is 6.68. The van der Waals surface area contributed by atoms with Crippen LogP contribution in [-0.4, -0.2) is 39.3 Å². The van der Waals surface area contributed by atoms with Gasteiger partial charge >= 0.3 is 0 Å². The lowest BCUT2D eigenvalue weighted by Gasteiger charge is -2.28. The zero-order chi connectivity index (χ0) is 18.8. The van der Waals surface area contributed by atoms with Gasteiger partial charge in [0.1, 0.15) is 5.82 Å². The van der Waals surface area contributed by atoms with E-state index in [4.69, 9.17) is 0 Å². The number of carbonyl (C=O) groups is 1. The second-order valence-corrected chi connectivity index (χ2v) is 7.63. The van der Waals surface area contributed by atoms with Gasteiger partial charge in [0.15, 0.2) is 5.82 Å². The quantitative estimate of drug-likeness (QED) is 0.677. The number of aromatic nitrogens is 3. The number of thiophene rings is 1. The largest absolute Gasteiger partial charge is 0.346 e. The fourth-order valence-electron chi connectivity index (χ4n) is 3.27. The number of nitrogens with zero attached hydrogens (tertiary/aromatic N) is 3. The third-order valence-electron chi connectivity index (χ3n) is 4.56. The maximum Gasteiger partial charge on any atom is 0.291 e. The van der Waals surface area contributed by atoms with Crippen LogP contribution in [-0.2, 0) is 0 Å². The van der Waals surface area contributed by atoms with Gasteiger partial charge in [-0.1, -0.05) is 12.1 Å². The Bertz CT molecular complexity index is 946. The number of hydrogen-bond acceptors (Lipinski definition) is 5. The number of piperidine rings is 1. The van der Waals surface area contributed by atoms with E-state index in [9.17, 15) is 9.18 Å². The molecule has 1 fully saturated rings. The molecular weight excluding hydrogens is 401 g/mol. The van der Waals surface area contributed by atoms with Crippen molar-refractivity contribution in [3.05, 3.63) is 53.4 Å². The van der Waals surface area contributed by atoms with Gasteiger partial charge in [0.25, 0.3) is 5.91 Å². The van der Waals surface area contributed by atoms with Gasteiger partial charge in [-0.25, -0.2) is 14.1 Å². The lowest BCUT2D eigenvalue weighted by atomic mass is 10.0. The van der Waals surface area contributed by atoms with Crippen LogP contribution in [0.25, 0.3) is 16.4 Å². The van der Waals surface area contributed by atoms with Crippen molar-refractivity contribution in [2.45, 2.75) is 31.8 Å². The first-order chi connectivity index (χ1) is 13.1. The maximum absolute atomic E-state index is 13.7. The highest BCUT2D eigenvalue weighted by atomic mass is 35.5. The number of nitrogens with one attached hydrogen (secondary N) is 2.